The third-order valence-electron chi connectivity index (χ3n) is 4.87. The zero-order valence-corrected chi connectivity index (χ0v) is 16.1. The Labute approximate surface area is 153 Å². The summed E-state index contributed by atoms with van der Waals surface area (Å²) in [5.74, 6) is -1.02. The van der Waals surface area contributed by atoms with Crippen LogP contribution in [0.5, 0.6) is 0 Å². The number of hydrogen-bond donors (Lipinski definition) is 2. The fourth-order valence-electron chi connectivity index (χ4n) is 3.06. The molecule has 144 valence electrons. The van der Waals surface area contributed by atoms with E-state index in [9.17, 15) is 21.6 Å². The average Bonchev–Trinajstić information content (AvgIpc) is 3.38. The number of hydrogen-bond acceptors (Lipinski definition) is 5. The number of nitrogens with one attached hydrogen (secondary N) is 1. The molecule has 1 saturated heterocycles. The number of amides is 1. The van der Waals surface area contributed by atoms with Gasteiger partial charge in [-0.3, -0.25) is 4.79 Å². The molecule has 1 aromatic rings. The fraction of sp³-hybridized carbons (Fsp3) is 0.562. The summed E-state index contributed by atoms with van der Waals surface area (Å²) in [4.78, 5) is 11.5. The predicted octanol–water partition coefficient (Wildman–Crippen LogP) is 0.402. The van der Waals surface area contributed by atoms with Gasteiger partial charge in [-0.15, -0.1) is 0 Å². The van der Waals surface area contributed by atoms with E-state index in [4.69, 9.17) is 5.73 Å². The van der Waals surface area contributed by atoms with Gasteiger partial charge >= 0.3 is 0 Å². The first-order chi connectivity index (χ1) is 12.1. The lowest BCUT2D eigenvalue weighted by Crippen LogP contribution is -2.48. The van der Waals surface area contributed by atoms with Crippen molar-refractivity contribution in [2.24, 2.45) is 11.7 Å². The molecule has 0 bridgehead atoms. The summed E-state index contributed by atoms with van der Waals surface area (Å²) in [5.41, 5.74) is 5.34. The van der Waals surface area contributed by atoms with Crippen LogP contribution in [0.2, 0.25) is 0 Å². The minimum atomic E-state index is -3.84. The van der Waals surface area contributed by atoms with Crippen molar-refractivity contribution in [1.82, 2.24) is 9.03 Å². The SMILES string of the molecule is CC1CCC(C(N)=O)CN1S(=O)(=O)c1ccc(S(=O)(=O)NC2CC2)cc1. The Hall–Kier alpha value is -1.49. The molecule has 3 N–H and O–H groups in total. The smallest absolute Gasteiger partial charge is 0.243 e. The predicted molar refractivity (Wildman–Crippen MR) is 95.1 cm³/mol. The van der Waals surface area contributed by atoms with E-state index >= 15 is 0 Å². The van der Waals surface area contributed by atoms with Crippen molar-refractivity contribution in [3.05, 3.63) is 24.3 Å². The molecule has 0 aromatic heterocycles. The number of piperidine rings is 1. The van der Waals surface area contributed by atoms with Crippen molar-refractivity contribution in [2.45, 2.75) is 54.5 Å². The van der Waals surface area contributed by atoms with E-state index in [2.05, 4.69) is 4.72 Å². The highest BCUT2D eigenvalue weighted by molar-refractivity contribution is 7.89. The number of rotatable bonds is 6. The summed E-state index contributed by atoms with van der Waals surface area (Å²) in [6, 6.07) is 4.88. The largest absolute Gasteiger partial charge is 0.369 e. The Morgan fingerprint density at radius 3 is 2.15 bits per heavy atom. The van der Waals surface area contributed by atoms with Gasteiger partial charge in [0.2, 0.25) is 26.0 Å². The van der Waals surface area contributed by atoms with Crippen LogP contribution >= 0.6 is 0 Å². The molecule has 1 aromatic carbocycles. The van der Waals surface area contributed by atoms with Crippen LogP contribution in [0.25, 0.3) is 0 Å². The van der Waals surface area contributed by atoms with Crippen LogP contribution in [0.1, 0.15) is 32.6 Å². The topological polar surface area (TPSA) is 127 Å². The first-order valence-electron chi connectivity index (χ1n) is 8.55. The molecule has 1 amide bonds. The normalized spacial score (nSPS) is 25.1. The molecule has 1 aliphatic carbocycles. The Balaban J connectivity index is 1.83. The highest BCUT2D eigenvalue weighted by atomic mass is 32.2. The van der Waals surface area contributed by atoms with Gasteiger partial charge in [0, 0.05) is 18.6 Å². The van der Waals surface area contributed by atoms with Crippen molar-refractivity contribution in [2.75, 3.05) is 6.54 Å². The number of carbonyl (C=O) groups is 1. The molecule has 2 atom stereocenters. The Morgan fingerprint density at radius 1 is 1.04 bits per heavy atom. The first kappa shape index (κ1) is 19.3. The van der Waals surface area contributed by atoms with Crippen LogP contribution in [0, 0.1) is 5.92 Å². The Bertz CT molecular complexity index is 892. The molecule has 10 heteroatoms. The molecule has 2 fully saturated rings. The van der Waals surface area contributed by atoms with Crippen LogP contribution in [0.4, 0.5) is 0 Å². The molecular weight excluding hydrogens is 378 g/mol. The van der Waals surface area contributed by atoms with Crippen molar-refractivity contribution < 1.29 is 21.6 Å². The standard InChI is InChI=1S/C16H23N3O5S2/c1-11-2-3-12(16(17)20)10-19(11)26(23,24)15-8-6-14(7-9-15)25(21,22)18-13-4-5-13/h6-9,11-13,18H,2-5,10H2,1H3,(H2,17,20). The summed E-state index contributed by atoms with van der Waals surface area (Å²) in [6.07, 6.45) is 2.75. The molecule has 0 radical (unpaired) electrons. The van der Waals surface area contributed by atoms with Gasteiger partial charge in [0.05, 0.1) is 15.7 Å². The highest BCUT2D eigenvalue weighted by Gasteiger charge is 2.37. The maximum Gasteiger partial charge on any atom is 0.243 e. The second kappa shape index (κ2) is 6.91. The van der Waals surface area contributed by atoms with Gasteiger partial charge in [-0.25, -0.2) is 21.6 Å². The molecule has 3 rings (SSSR count). The van der Waals surface area contributed by atoms with Crippen LogP contribution in [0.3, 0.4) is 0 Å². The number of sulfonamides is 2. The van der Waals surface area contributed by atoms with E-state index in [0.717, 1.165) is 12.8 Å². The molecule has 8 nitrogen and oxygen atoms in total. The van der Waals surface area contributed by atoms with E-state index in [-0.39, 0.29) is 28.4 Å². The van der Waals surface area contributed by atoms with E-state index in [0.29, 0.717) is 12.8 Å². The highest BCUT2D eigenvalue weighted by Crippen LogP contribution is 2.29. The van der Waals surface area contributed by atoms with Crippen LogP contribution in [-0.2, 0) is 24.8 Å². The van der Waals surface area contributed by atoms with Gasteiger partial charge in [-0.1, -0.05) is 0 Å². The zero-order valence-electron chi connectivity index (χ0n) is 14.5. The summed E-state index contributed by atoms with van der Waals surface area (Å²) in [5, 5.41) is 0. The molecule has 1 aliphatic heterocycles. The van der Waals surface area contributed by atoms with E-state index in [1.165, 1.54) is 28.6 Å². The third kappa shape index (κ3) is 3.93. The quantitative estimate of drug-likeness (QED) is 0.713. The summed E-state index contributed by atoms with van der Waals surface area (Å²) in [6.45, 7) is 1.83. The van der Waals surface area contributed by atoms with Crippen LogP contribution < -0.4 is 10.5 Å². The Morgan fingerprint density at radius 2 is 1.62 bits per heavy atom. The monoisotopic (exact) mass is 401 g/mol. The van der Waals surface area contributed by atoms with E-state index in [1.807, 2.05) is 0 Å². The lowest BCUT2D eigenvalue weighted by atomic mass is 9.95. The van der Waals surface area contributed by atoms with Gasteiger partial charge in [0.1, 0.15) is 0 Å². The van der Waals surface area contributed by atoms with Crippen molar-refractivity contribution in [1.29, 1.82) is 0 Å². The van der Waals surface area contributed by atoms with E-state index in [1.54, 1.807) is 6.92 Å². The van der Waals surface area contributed by atoms with Gasteiger partial charge in [0.25, 0.3) is 0 Å². The first-order valence-corrected chi connectivity index (χ1v) is 11.5. The molecule has 1 saturated carbocycles. The maximum absolute atomic E-state index is 12.9. The fourth-order valence-corrected chi connectivity index (χ4v) is 6.07. The summed E-state index contributed by atoms with van der Waals surface area (Å²) < 4.78 is 54.1. The lowest BCUT2D eigenvalue weighted by molar-refractivity contribution is -0.123. The van der Waals surface area contributed by atoms with Crippen LogP contribution in [-0.4, -0.2) is 45.7 Å². The van der Waals surface area contributed by atoms with E-state index < -0.39 is 31.9 Å². The summed E-state index contributed by atoms with van der Waals surface area (Å²) in [7, 11) is -7.47. The minimum absolute atomic E-state index is 0.000146. The van der Waals surface area contributed by atoms with Crippen LogP contribution in [0.15, 0.2) is 34.1 Å². The molecular formula is C16H23N3O5S2. The number of benzene rings is 1. The molecule has 1 heterocycles. The average molecular weight is 402 g/mol. The lowest BCUT2D eigenvalue weighted by Gasteiger charge is -2.35. The molecule has 0 spiro atoms. The van der Waals surface area contributed by atoms with Crippen molar-refractivity contribution >= 4 is 26.0 Å². The molecule has 2 unspecified atom stereocenters. The second-order valence-electron chi connectivity index (χ2n) is 6.97. The second-order valence-corrected chi connectivity index (χ2v) is 10.6. The minimum Gasteiger partial charge on any atom is -0.369 e. The number of nitrogens with zero attached hydrogens (tertiary/aromatic N) is 1. The van der Waals surface area contributed by atoms with Gasteiger partial charge < -0.3 is 5.73 Å². The summed E-state index contributed by atoms with van der Waals surface area (Å²) >= 11 is 0. The third-order valence-corrected chi connectivity index (χ3v) is 8.40. The zero-order chi connectivity index (χ0) is 19.1. The van der Waals surface area contributed by atoms with Crippen molar-refractivity contribution in [3.8, 4) is 0 Å². The van der Waals surface area contributed by atoms with Gasteiger partial charge in [-0.2, -0.15) is 4.31 Å². The maximum atomic E-state index is 12.9. The van der Waals surface area contributed by atoms with Gasteiger partial charge in [-0.05, 0) is 56.9 Å². The van der Waals surface area contributed by atoms with Gasteiger partial charge in [0.15, 0.2) is 0 Å². The molecule has 2 aliphatic rings. The Kier molecular flexibility index (Phi) is 5.13. The van der Waals surface area contributed by atoms with Crippen molar-refractivity contribution in [3.63, 3.8) is 0 Å². The number of carbonyl (C=O) groups excluding carboxylic acids is 1. The molecule has 26 heavy (non-hydrogen) atoms. The number of nitrogens with two attached hydrogens (primary N) is 1. The number of primary amides is 1.